The zero-order valence-corrected chi connectivity index (χ0v) is 19.7. The highest BCUT2D eigenvalue weighted by molar-refractivity contribution is 5.91. The van der Waals surface area contributed by atoms with E-state index in [-0.39, 0.29) is 36.5 Å². The lowest BCUT2D eigenvalue weighted by Gasteiger charge is -2.33. The normalized spacial score (nSPS) is 26.6. The molecule has 0 spiro atoms. The molecule has 0 saturated heterocycles. The van der Waals surface area contributed by atoms with Gasteiger partial charge in [-0.2, -0.15) is 5.10 Å². The zero-order chi connectivity index (χ0) is 24.1. The highest BCUT2D eigenvalue weighted by Crippen LogP contribution is 2.36. The number of rotatable bonds is 7. The first-order valence-corrected chi connectivity index (χ1v) is 11.8. The monoisotopic (exact) mass is 471 g/mol. The molecule has 0 aliphatic heterocycles. The lowest BCUT2D eigenvalue weighted by Crippen LogP contribution is -2.43. The molecule has 2 aliphatic carbocycles. The lowest BCUT2D eigenvalue weighted by molar-refractivity contribution is -0.115. The quantitative estimate of drug-likeness (QED) is 0.487. The van der Waals surface area contributed by atoms with Crippen molar-refractivity contribution in [2.75, 3.05) is 12.4 Å². The molecule has 2 fully saturated rings. The van der Waals surface area contributed by atoms with Gasteiger partial charge in [0.1, 0.15) is 6.10 Å². The van der Waals surface area contributed by atoms with E-state index < -0.39 is 5.60 Å². The van der Waals surface area contributed by atoms with Gasteiger partial charge < -0.3 is 25.2 Å². The van der Waals surface area contributed by atoms with E-state index in [0.29, 0.717) is 31.0 Å². The van der Waals surface area contributed by atoms with Crippen LogP contribution in [0.2, 0.25) is 0 Å². The van der Waals surface area contributed by atoms with Gasteiger partial charge in [-0.15, -0.1) is 0 Å². The van der Waals surface area contributed by atoms with Crippen molar-refractivity contribution in [3.05, 3.63) is 35.7 Å². The number of carbonyl (C=O) groups is 2. The molecule has 10 heteroatoms. The van der Waals surface area contributed by atoms with Gasteiger partial charge in [-0.25, -0.2) is 9.78 Å². The molecular weight excluding hydrogens is 438 g/mol. The third-order valence-electron chi connectivity index (χ3n) is 6.72. The molecular formula is C24H33N5O5. The van der Waals surface area contributed by atoms with E-state index in [2.05, 4.69) is 25.8 Å². The Balaban J connectivity index is 1.21. The average Bonchev–Trinajstić information content (AvgIpc) is 3.45. The first-order valence-electron chi connectivity index (χ1n) is 11.8. The van der Waals surface area contributed by atoms with E-state index in [1.165, 1.54) is 0 Å². The van der Waals surface area contributed by atoms with Crippen LogP contribution < -0.4 is 15.4 Å². The summed E-state index contributed by atoms with van der Waals surface area (Å²) in [5.74, 6) is 0.975. The summed E-state index contributed by atoms with van der Waals surface area (Å²) in [6.45, 7) is 1.84. The first kappa shape index (κ1) is 24.0. The Morgan fingerprint density at radius 1 is 1.24 bits per heavy atom. The Kier molecular flexibility index (Phi) is 7.35. The van der Waals surface area contributed by atoms with Gasteiger partial charge in [0.2, 0.25) is 11.8 Å². The minimum atomic E-state index is -0.629. The van der Waals surface area contributed by atoms with E-state index in [0.717, 1.165) is 36.9 Å². The summed E-state index contributed by atoms with van der Waals surface area (Å²) in [4.78, 5) is 28.8. The molecule has 2 amide bonds. The van der Waals surface area contributed by atoms with E-state index in [1.807, 2.05) is 13.0 Å². The smallest absolute Gasteiger partial charge is 0.407 e. The van der Waals surface area contributed by atoms with Crippen LogP contribution in [-0.4, -0.2) is 57.1 Å². The van der Waals surface area contributed by atoms with E-state index in [4.69, 9.17) is 9.47 Å². The summed E-state index contributed by atoms with van der Waals surface area (Å²) < 4.78 is 10.7. The molecule has 2 saturated carbocycles. The standard InChI is InChI=1S/C24H33N5O5/c1-24(32)9-7-17(8-10-24)26-23(31)34-18-5-4-16(12-18)19-13-20(29-28-19)27-21(30)11-15-3-6-22(33-2)25-14-15/h3,6,13-14,16-18,32H,4-5,7-12H2,1-2H3,(H,26,31)(H2,27,28,29,30)/t16-,17-,18+,24-/m1/s1. The van der Waals surface area contributed by atoms with Crippen molar-refractivity contribution in [2.45, 2.75) is 82.0 Å². The zero-order valence-electron chi connectivity index (χ0n) is 19.7. The second-order valence-electron chi connectivity index (χ2n) is 9.60. The number of aromatic amines is 1. The number of carbonyl (C=O) groups excluding carboxylic acids is 2. The number of hydrogen-bond acceptors (Lipinski definition) is 7. The molecule has 2 aliphatic rings. The summed E-state index contributed by atoms with van der Waals surface area (Å²) in [5.41, 5.74) is 1.07. The van der Waals surface area contributed by atoms with E-state index in [9.17, 15) is 14.7 Å². The van der Waals surface area contributed by atoms with Crippen molar-refractivity contribution in [3.8, 4) is 5.88 Å². The molecule has 2 aromatic rings. The number of H-pyrrole nitrogens is 1. The van der Waals surface area contributed by atoms with Gasteiger partial charge in [-0.1, -0.05) is 6.07 Å². The molecule has 0 bridgehead atoms. The number of pyridine rings is 1. The van der Waals surface area contributed by atoms with Crippen LogP contribution in [-0.2, 0) is 16.0 Å². The van der Waals surface area contributed by atoms with Gasteiger partial charge in [0.05, 0.1) is 19.1 Å². The first-order chi connectivity index (χ1) is 16.3. The summed E-state index contributed by atoms with van der Waals surface area (Å²) in [6, 6.07) is 5.41. The second kappa shape index (κ2) is 10.4. The Morgan fingerprint density at radius 3 is 2.74 bits per heavy atom. The maximum Gasteiger partial charge on any atom is 0.407 e. The number of aromatic nitrogens is 3. The molecule has 184 valence electrons. The Labute approximate surface area is 198 Å². The molecule has 0 unspecified atom stereocenters. The van der Waals surface area contributed by atoms with Gasteiger partial charge in [0, 0.05) is 36.0 Å². The number of ether oxygens (including phenoxy) is 2. The molecule has 0 radical (unpaired) electrons. The number of nitrogens with zero attached hydrogens (tertiary/aromatic N) is 2. The van der Waals surface area contributed by atoms with Gasteiger partial charge >= 0.3 is 6.09 Å². The number of hydrogen-bond donors (Lipinski definition) is 4. The van der Waals surface area contributed by atoms with Crippen LogP contribution in [0.3, 0.4) is 0 Å². The van der Waals surface area contributed by atoms with Crippen molar-refractivity contribution >= 4 is 17.8 Å². The number of amides is 2. The van der Waals surface area contributed by atoms with Crippen LogP contribution in [0.1, 0.15) is 69.0 Å². The number of anilines is 1. The van der Waals surface area contributed by atoms with Gasteiger partial charge in [-0.3, -0.25) is 9.89 Å². The van der Waals surface area contributed by atoms with Crippen LogP contribution in [0.25, 0.3) is 0 Å². The van der Waals surface area contributed by atoms with Crippen molar-refractivity contribution in [1.29, 1.82) is 0 Å². The van der Waals surface area contributed by atoms with Gasteiger partial charge in [0.15, 0.2) is 5.82 Å². The predicted octanol–water partition coefficient (Wildman–Crippen LogP) is 3.05. The molecule has 4 rings (SSSR count). The number of alkyl carbamates (subject to hydrolysis) is 1. The van der Waals surface area contributed by atoms with Gasteiger partial charge in [0.25, 0.3) is 0 Å². The summed E-state index contributed by atoms with van der Waals surface area (Å²) in [5, 5.41) is 23.0. The fourth-order valence-electron chi connectivity index (χ4n) is 4.68. The van der Waals surface area contributed by atoms with Crippen LogP contribution in [0, 0.1) is 0 Å². The molecule has 2 aromatic heterocycles. The van der Waals surface area contributed by atoms with Gasteiger partial charge in [-0.05, 0) is 57.4 Å². The largest absolute Gasteiger partial charge is 0.481 e. The second-order valence-corrected chi connectivity index (χ2v) is 9.60. The summed E-state index contributed by atoms with van der Waals surface area (Å²) in [6.07, 6.45) is 6.49. The van der Waals surface area contributed by atoms with Crippen LogP contribution in [0.4, 0.5) is 10.6 Å². The maximum absolute atomic E-state index is 12.3. The minimum absolute atomic E-state index is 0.0531. The van der Waals surface area contributed by atoms with Crippen LogP contribution in [0.5, 0.6) is 5.88 Å². The molecule has 0 aromatic carbocycles. The van der Waals surface area contributed by atoms with E-state index in [1.54, 1.807) is 25.4 Å². The van der Waals surface area contributed by atoms with Crippen molar-refractivity contribution in [1.82, 2.24) is 20.5 Å². The van der Waals surface area contributed by atoms with Crippen molar-refractivity contribution in [3.63, 3.8) is 0 Å². The van der Waals surface area contributed by atoms with Crippen molar-refractivity contribution < 1.29 is 24.2 Å². The lowest BCUT2D eigenvalue weighted by atomic mass is 9.84. The fourth-order valence-corrected chi connectivity index (χ4v) is 4.68. The number of methoxy groups -OCH3 is 1. The molecule has 10 nitrogen and oxygen atoms in total. The Bertz CT molecular complexity index is 980. The van der Waals surface area contributed by atoms with E-state index >= 15 is 0 Å². The third-order valence-corrected chi connectivity index (χ3v) is 6.72. The highest BCUT2D eigenvalue weighted by atomic mass is 16.6. The maximum atomic E-state index is 12.3. The molecule has 2 atom stereocenters. The highest BCUT2D eigenvalue weighted by Gasteiger charge is 2.32. The average molecular weight is 472 g/mol. The number of aliphatic hydroxyl groups is 1. The Morgan fingerprint density at radius 2 is 2.03 bits per heavy atom. The van der Waals surface area contributed by atoms with Crippen molar-refractivity contribution in [2.24, 2.45) is 0 Å². The molecule has 4 N–H and O–H groups in total. The van der Waals surface area contributed by atoms with Crippen LogP contribution >= 0.6 is 0 Å². The predicted molar refractivity (Wildman–Crippen MR) is 125 cm³/mol. The Hall–Kier alpha value is -3.14. The summed E-state index contributed by atoms with van der Waals surface area (Å²) >= 11 is 0. The molecule has 2 heterocycles. The fraction of sp³-hybridized carbons (Fsp3) is 0.583. The van der Waals surface area contributed by atoms with Crippen LogP contribution in [0.15, 0.2) is 24.4 Å². The third kappa shape index (κ3) is 6.47. The minimum Gasteiger partial charge on any atom is -0.481 e. The number of nitrogens with one attached hydrogen (secondary N) is 3. The topological polar surface area (TPSA) is 138 Å². The molecule has 34 heavy (non-hydrogen) atoms. The summed E-state index contributed by atoms with van der Waals surface area (Å²) in [7, 11) is 1.54. The SMILES string of the molecule is COc1ccc(CC(=O)Nc2cc([C@@H]3CC[C@H](OC(=O)N[C@H]4CC[C@](C)(O)CC4)C3)[nH]n2)cn1.